The molecule has 3 aromatic carbocycles. The Morgan fingerprint density at radius 1 is 1.03 bits per heavy atom. The maximum absolute atomic E-state index is 12.6. The molecule has 1 heterocycles. The largest absolute Gasteiger partial charge is 0.599 e. The van der Waals surface area contributed by atoms with Crippen LogP contribution in [0.25, 0.3) is 11.1 Å². The highest BCUT2D eigenvalue weighted by Crippen LogP contribution is 2.44. The molecule has 1 saturated heterocycles. The van der Waals surface area contributed by atoms with E-state index in [9.17, 15) is 15.0 Å². The Bertz CT molecular complexity index is 1250. The van der Waals surface area contributed by atoms with Crippen LogP contribution in [0.15, 0.2) is 77.8 Å². The van der Waals surface area contributed by atoms with Gasteiger partial charge < -0.3 is 24.3 Å². The van der Waals surface area contributed by atoms with E-state index < -0.39 is 25.2 Å². The van der Waals surface area contributed by atoms with Crippen molar-refractivity contribution in [2.24, 2.45) is 10.4 Å². The van der Waals surface area contributed by atoms with Crippen LogP contribution in [0, 0.1) is 5.41 Å². The zero-order chi connectivity index (χ0) is 26.0. The van der Waals surface area contributed by atoms with Crippen LogP contribution in [0.3, 0.4) is 0 Å². The van der Waals surface area contributed by atoms with Crippen molar-refractivity contribution in [3.05, 3.63) is 89.5 Å². The molecule has 1 aliphatic heterocycles. The molecule has 0 aromatic heterocycles. The average Bonchev–Trinajstić information content (AvgIpc) is 3.21. The summed E-state index contributed by atoms with van der Waals surface area (Å²) in [6.07, 6.45) is -0.809. The predicted octanol–water partition coefficient (Wildman–Crippen LogP) is 3.00. The van der Waals surface area contributed by atoms with Crippen LogP contribution < -0.4 is 10.6 Å². The molecule has 0 radical (unpaired) electrons. The van der Waals surface area contributed by atoms with Crippen LogP contribution in [0.4, 0.5) is 0 Å². The van der Waals surface area contributed by atoms with E-state index in [-0.39, 0.29) is 24.4 Å². The molecule has 0 amide bonds. The summed E-state index contributed by atoms with van der Waals surface area (Å²) in [5, 5.41) is 22.2. The third-order valence-electron chi connectivity index (χ3n) is 6.81. The van der Waals surface area contributed by atoms with Gasteiger partial charge >= 0.3 is 13.1 Å². The molecule has 5 rings (SSSR count). The van der Waals surface area contributed by atoms with Gasteiger partial charge in [0.15, 0.2) is 6.04 Å². The summed E-state index contributed by atoms with van der Waals surface area (Å²) in [4.78, 5) is 15.7. The van der Waals surface area contributed by atoms with Crippen LogP contribution in [0.1, 0.15) is 36.5 Å². The van der Waals surface area contributed by atoms with Crippen molar-refractivity contribution in [1.82, 2.24) is 0 Å². The van der Waals surface area contributed by atoms with Gasteiger partial charge in [-0.15, -0.1) is 0 Å². The van der Waals surface area contributed by atoms with E-state index >= 15 is 0 Å². The maximum atomic E-state index is 12.6. The average molecular weight is 498 g/mol. The minimum Gasteiger partial charge on any atom is -0.599 e. The highest BCUT2D eigenvalue weighted by Gasteiger charge is 2.33. The van der Waals surface area contributed by atoms with Gasteiger partial charge in [0.05, 0.1) is 0 Å². The van der Waals surface area contributed by atoms with Crippen molar-refractivity contribution < 1.29 is 29.1 Å². The number of benzene rings is 3. The van der Waals surface area contributed by atoms with Gasteiger partial charge in [0.1, 0.15) is 6.08 Å². The molecule has 8 heteroatoms. The standard InChI is InChI=1S/C29H30BNO6/c1-29(2)17-36-30(37-18-29)20-13-11-19(12-14-20)15-26(27(32)33)31-28(34)35-16-25-23-9-5-3-7-21(23)22-8-4-6-10-24(22)25/h3-14,25-26H,15-18H2,1-2H3,(H,31,34)(H,32,33)/p-1. The summed E-state index contributed by atoms with van der Waals surface area (Å²) in [5.74, 6) is -1.30. The van der Waals surface area contributed by atoms with Gasteiger partial charge in [-0.1, -0.05) is 86.6 Å². The summed E-state index contributed by atoms with van der Waals surface area (Å²) in [7, 11) is -0.442. The Hall–Kier alpha value is -3.62. The second kappa shape index (κ2) is 10.4. The molecular formula is C29H29BNO6-. The van der Waals surface area contributed by atoms with E-state index in [2.05, 4.69) is 31.0 Å². The van der Waals surface area contributed by atoms with Crippen molar-refractivity contribution >= 4 is 24.6 Å². The summed E-state index contributed by atoms with van der Waals surface area (Å²) < 4.78 is 17.1. The van der Waals surface area contributed by atoms with Gasteiger partial charge in [-0.25, -0.2) is 4.79 Å². The number of rotatable bonds is 7. The van der Waals surface area contributed by atoms with E-state index in [0.29, 0.717) is 13.2 Å². The predicted molar refractivity (Wildman–Crippen MR) is 140 cm³/mol. The number of ether oxygens (including phenoxy) is 1. The number of carboxylic acid groups (broad SMARTS) is 1. The molecule has 0 spiro atoms. The quantitative estimate of drug-likeness (QED) is 0.306. The first-order valence-corrected chi connectivity index (χ1v) is 12.4. The van der Waals surface area contributed by atoms with Gasteiger partial charge in [-0.05, 0) is 33.3 Å². The van der Waals surface area contributed by atoms with E-state index in [1.165, 1.54) is 0 Å². The Balaban J connectivity index is 1.23. The molecule has 2 aliphatic rings. The second-order valence-electron chi connectivity index (χ2n) is 10.4. The molecule has 1 aliphatic carbocycles. The van der Waals surface area contributed by atoms with Crippen LogP contribution in [0.2, 0.25) is 0 Å². The molecule has 37 heavy (non-hydrogen) atoms. The smallest absolute Gasteiger partial charge is 0.493 e. The van der Waals surface area contributed by atoms with Gasteiger partial charge in [0.2, 0.25) is 0 Å². The van der Waals surface area contributed by atoms with E-state index in [1.807, 2.05) is 60.7 Å². The van der Waals surface area contributed by atoms with Crippen molar-refractivity contribution in [3.8, 4) is 11.1 Å². The highest BCUT2D eigenvalue weighted by molar-refractivity contribution is 6.61. The van der Waals surface area contributed by atoms with E-state index in [1.54, 1.807) is 0 Å². The number of nitrogens with zero attached hydrogens (tertiary/aromatic N) is 1. The van der Waals surface area contributed by atoms with Gasteiger partial charge in [-0.2, -0.15) is 0 Å². The van der Waals surface area contributed by atoms with E-state index in [4.69, 9.17) is 14.0 Å². The third-order valence-corrected chi connectivity index (χ3v) is 6.81. The zero-order valence-electron chi connectivity index (χ0n) is 20.9. The highest BCUT2D eigenvalue weighted by atomic mass is 16.6. The number of carbonyl (C=O) groups is 1. The Morgan fingerprint density at radius 3 is 2.16 bits per heavy atom. The molecule has 1 N–H and O–H groups in total. The minimum absolute atomic E-state index is 0.0220. The van der Waals surface area contributed by atoms with Crippen LogP contribution in [0.5, 0.6) is 0 Å². The van der Waals surface area contributed by atoms with Crippen LogP contribution in [-0.2, 0) is 25.3 Å². The molecule has 7 nitrogen and oxygen atoms in total. The van der Waals surface area contributed by atoms with E-state index in [0.717, 1.165) is 33.3 Å². The molecule has 1 atom stereocenters. The first kappa shape index (κ1) is 25.1. The Labute approximate surface area is 216 Å². The van der Waals surface area contributed by atoms with Crippen molar-refractivity contribution in [2.75, 3.05) is 19.8 Å². The first-order valence-electron chi connectivity index (χ1n) is 12.4. The summed E-state index contributed by atoms with van der Waals surface area (Å²) in [6, 6.07) is 22.1. The Kier molecular flexibility index (Phi) is 7.04. The zero-order valence-corrected chi connectivity index (χ0v) is 20.9. The monoisotopic (exact) mass is 498 g/mol. The van der Waals surface area contributed by atoms with Gasteiger partial charge in [0, 0.05) is 37.6 Å². The normalized spacial score (nSPS) is 17.7. The lowest BCUT2D eigenvalue weighted by Gasteiger charge is -2.33. The molecule has 0 bridgehead atoms. The molecule has 1 unspecified atom stereocenters. The third kappa shape index (κ3) is 5.55. The summed E-state index contributed by atoms with van der Waals surface area (Å²) in [5.41, 5.74) is 5.99. The number of fused-ring (bicyclic) bond motifs is 3. The van der Waals surface area contributed by atoms with Gasteiger partial charge in [-0.3, -0.25) is 4.99 Å². The lowest BCUT2D eigenvalue weighted by atomic mass is 9.75. The molecule has 190 valence electrons. The number of hydrogen-bond donors (Lipinski definition) is 1. The number of hydrogen-bond acceptors (Lipinski definition) is 6. The number of carboxylic acids is 1. The first-order chi connectivity index (χ1) is 17.8. The molecule has 1 fully saturated rings. The fraction of sp³-hybridized carbons (Fsp3) is 0.310. The lowest BCUT2D eigenvalue weighted by molar-refractivity contribution is -0.251. The van der Waals surface area contributed by atoms with Crippen molar-refractivity contribution in [2.45, 2.75) is 32.2 Å². The molecule has 0 saturated carbocycles. The molecular weight excluding hydrogens is 469 g/mol. The number of aliphatic imine (C=N–C) groups is 1. The summed E-state index contributed by atoms with van der Waals surface area (Å²) in [6.45, 7) is 5.45. The second-order valence-corrected chi connectivity index (χ2v) is 10.4. The summed E-state index contributed by atoms with van der Waals surface area (Å²) >= 11 is 0. The lowest BCUT2D eigenvalue weighted by Crippen LogP contribution is -2.47. The SMILES string of the molecule is CC1(C)COB(c2ccc(CC(N=C([O-])OCC3c4ccccc4-c4ccccc43)C(=O)O)cc2)OC1. The van der Waals surface area contributed by atoms with Crippen LogP contribution >= 0.6 is 0 Å². The van der Waals surface area contributed by atoms with Crippen molar-refractivity contribution in [3.63, 3.8) is 0 Å². The fourth-order valence-corrected chi connectivity index (χ4v) is 4.87. The topological polar surface area (TPSA) is 100 Å². The fourth-order valence-electron chi connectivity index (χ4n) is 4.87. The van der Waals surface area contributed by atoms with Crippen LogP contribution in [-0.4, -0.2) is 50.1 Å². The Morgan fingerprint density at radius 2 is 1.59 bits per heavy atom. The van der Waals surface area contributed by atoms with Crippen molar-refractivity contribution in [1.29, 1.82) is 0 Å². The molecule has 3 aromatic rings. The maximum Gasteiger partial charge on any atom is 0.493 e. The van der Waals surface area contributed by atoms with Gasteiger partial charge in [0.25, 0.3) is 0 Å². The minimum atomic E-state index is -1.25. The number of aliphatic carboxylic acids is 1.